The van der Waals surface area contributed by atoms with E-state index < -0.39 is 0 Å². The van der Waals surface area contributed by atoms with Crippen molar-refractivity contribution < 1.29 is 23.8 Å². The Morgan fingerprint density at radius 2 is 1.61 bits per heavy atom. The van der Waals surface area contributed by atoms with Crippen molar-refractivity contribution in [3.8, 4) is 17.2 Å². The maximum atomic E-state index is 12.4. The Morgan fingerprint density at radius 1 is 0.929 bits per heavy atom. The number of benzene rings is 2. The van der Waals surface area contributed by atoms with Crippen molar-refractivity contribution >= 4 is 17.5 Å². The number of para-hydroxylation sites is 2. The molecule has 0 fully saturated rings. The molecule has 0 aliphatic rings. The summed E-state index contributed by atoms with van der Waals surface area (Å²) in [5.41, 5.74) is 1.57. The zero-order chi connectivity index (χ0) is 20.5. The number of methoxy groups -OCH3 is 3. The molecule has 0 aliphatic carbocycles. The second kappa shape index (κ2) is 10.2. The zero-order valence-corrected chi connectivity index (χ0v) is 16.7. The van der Waals surface area contributed by atoms with E-state index in [0.717, 1.165) is 5.56 Å². The average molecular weight is 386 g/mol. The number of amides is 2. The van der Waals surface area contributed by atoms with Gasteiger partial charge in [-0.05, 0) is 36.2 Å². The summed E-state index contributed by atoms with van der Waals surface area (Å²) < 4.78 is 15.8. The van der Waals surface area contributed by atoms with Gasteiger partial charge in [0.05, 0.1) is 27.0 Å². The molecular formula is C21H26N2O5. The number of carbonyl (C=O) groups is 2. The number of rotatable bonds is 9. The molecule has 0 atom stereocenters. The van der Waals surface area contributed by atoms with Crippen molar-refractivity contribution in [1.82, 2.24) is 5.32 Å². The maximum absolute atomic E-state index is 12.4. The molecule has 0 aromatic heterocycles. The van der Waals surface area contributed by atoms with E-state index in [1.54, 1.807) is 32.4 Å². The molecule has 28 heavy (non-hydrogen) atoms. The minimum Gasteiger partial charge on any atom is -0.495 e. The number of nitrogens with one attached hydrogen (secondary N) is 1. The van der Waals surface area contributed by atoms with Crippen LogP contribution in [0.4, 0.5) is 5.69 Å². The van der Waals surface area contributed by atoms with Gasteiger partial charge in [0, 0.05) is 13.5 Å². The zero-order valence-electron chi connectivity index (χ0n) is 16.7. The molecule has 0 spiro atoms. The van der Waals surface area contributed by atoms with Crippen LogP contribution >= 0.6 is 0 Å². The van der Waals surface area contributed by atoms with Crippen LogP contribution in [0.3, 0.4) is 0 Å². The number of anilines is 1. The molecule has 0 bridgehead atoms. The molecule has 1 N–H and O–H groups in total. The lowest BCUT2D eigenvalue weighted by Crippen LogP contribution is -2.40. The summed E-state index contributed by atoms with van der Waals surface area (Å²) in [7, 11) is 4.69. The largest absolute Gasteiger partial charge is 0.495 e. The van der Waals surface area contributed by atoms with Gasteiger partial charge in [0.2, 0.25) is 11.8 Å². The van der Waals surface area contributed by atoms with Gasteiger partial charge in [-0.3, -0.25) is 14.5 Å². The van der Waals surface area contributed by atoms with Crippen LogP contribution in [0, 0.1) is 0 Å². The van der Waals surface area contributed by atoms with E-state index in [1.807, 2.05) is 24.3 Å². The van der Waals surface area contributed by atoms with Crippen molar-refractivity contribution in [3.63, 3.8) is 0 Å². The molecule has 0 saturated heterocycles. The summed E-state index contributed by atoms with van der Waals surface area (Å²) in [6.45, 7) is 1.77. The lowest BCUT2D eigenvalue weighted by Gasteiger charge is -2.22. The lowest BCUT2D eigenvalue weighted by molar-refractivity contribution is -0.123. The number of hydrogen-bond acceptors (Lipinski definition) is 5. The molecule has 2 rings (SSSR count). The van der Waals surface area contributed by atoms with E-state index in [9.17, 15) is 9.59 Å². The topological polar surface area (TPSA) is 77.1 Å². The molecule has 150 valence electrons. The molecule has 0 aliphatic heterocycles. The number of hydrogen-bond donors (Lipinski definition) is 1. The summed E-state index contributed by atoms with van der Waals surface area (Å²) in [5, 5.41) is 2.84. The predicted molar refractivity (Wildman–Crippen MR) is 107 cm³/mol. The highest BCUT2D eigenvalue weighted by Crippen LogP contribution is 2.28. The van der Waals surface area contributed by atoms with Gasteiger partial charge in [0.25, 0.3) is 0 Å². The van der Waals surface area contributed by atoms with Gasteiger partial charge in [0.1, 0.15) is 12.3 Å². The molecule has 0 saturated carbocycles. The third kappa shape index (κ3) is 5.39. The van der Waals surface area contributed by atoms with E-state index in [4.69, 9.17) is 14.2 Å². The Kier molecular flexibility index (Phi) is 7.68. The highest BCUT2D eigenvalue weighted by Gasteiger charge is 2.19. The summed E-state index contributed by atoms with van der Waals surface area (Å²) in [4.78, 5) is 25.8. The van der Waals surface area contributed by atoms with Gasteiger partial charge in [-0.2, -0.15) is 0 Å². The Bertz CT molecular complexity index is 822. The highest BCUT2D eigenvalue weighted by molar-refractivity contribution is 5.98. The second-order valence-electron chi connectivity index (χ2n) is 6.07. The van der Waals surface area contributed by atoms with Gasteiger partial charge in [-0.1, -0.05) is 18.2 Å². The normalized spacial score (nSPS) is 10.1. The van der Waals surface area contributed by atoms with Gasteiger partial charge < -0.3 is 19.5 Å². The second-order valence-corrected chi connectivity index (χ2v) is 6.07. The fourth-order valence-corrected chi connectivity index (χ4v) is 2.80. The summed E-state index contributed by atoms with van der Waals surface area (Å²) in [6.07, 6.45) is 0.626. The molecule has 0 unspecified atom stereocenters. The van der Waals surface area contributed by atoms with E-state index in [1.165, 1.54) is 18.9 Å². The van der Waals surface area contributed by atoms with Crippen LogP contribution < -0.4 is 24.4 Å². The van der Waals surface area contributed by atoms with Crippen molar-refractivity contribution in [1.29, 1.82) is 0 Å². The van der Waals surface area contributed by atoms with Crippen molar-refractivity contribution in [2.75, 3.05) is 39.3 Å². The molecule has 0 heterocycles. The summed E-state index contributed by atoms with van der Waals surface area (Å²) >= 11 is 0. The molecule has 0 radical (unpaired) electrons. The first-order valence-electron chi connectivity index (χ1n) is 8.88. The highest BCUT2D eigenvalue weighted by atomic mass is 16.5. The van der Waals surface area contributed by atoms with Crippen molar-refractivity contribution in [3.05, 3.63) is 48.0 Å². The predicted octanol–water partition coefficient (Wildman–Crippen LogP) is 2.42. The van der Waals surface area contributed by atoms with Crippen LogP contribution in [0.1, 0.15) is 12.5 Å². The Labute approximate surface area is 165 Å². The Balaban J connectivity index is 1.96. The van der Waals surface area contributed by atoms with E-state index in [-0.39, 0.29) is 18.4 Å². The molecular weight excluding hydrogens is 360 g/mol. The molecule has 7 nitrogen and oxygen atoms in total. The van der Waals surface area contributed by atoms with E-state index in [0.29, 0.717) is 35.9 Å². The quantitative estimate of drug-likeness (QED) is 0.716. The summed E-state index contributed by atoms with van der Waals surface area (Å²) in [5.74, 6) is 1.35. The first-order chi connectivity index (χ1) is 13.5. The first kappa shape index (κ1) is 21.1. The van der Waals surface area contributed by atoms with Crippen molar-refractivity contribution in [2.24, 2.45) is 0 Å². The molecule has 2 aromatic rings. The summed E-state index contributed by atoms with van der Waals surface area (Å²) in [6, 6.07) is 12.7. The average Bonchev–Trinajstić information content (AvgIpc) is 2.71. The van der Waals surface area contributed by atoms with Gasteiger partial charge in [-0.15, -0.1) is 0 Å². The minimum absolute atomic E-state index is 0.0817. The van der Waals surface area contributed by atoms with Crippen LogP contribution in [0.15, 0.2) is 42.5 Å². The van der Waals surface area contributed by atoms with Crippen LogP contribution in [0.25, 0.3) is 0 Å². The van der Waals surface area contributed by atoms with Crippen molar-refractivity contribution in [2.45, 2.75) is 13.3 Å². The first-order valence-corrected chi connectivity index (χ1v) is 8.88. The lowest BCUT2D eigenvalue weighted by atomic mass is 10.1. The van der Waals surface area contributed by atoms with Crippen LogP contribution in [-0.4, -0.2) is 46.2 Å². The van der Waals surface area contributed by atoms with Gasteiger partial charge in [-0.25, -0.2) is 0 Å². The third-order valence-electron chi connectivity index (χ3n) is 4.24. The minimum atomic E-state index is -0.249. The van der Waals surface area contributed by atoms with Crippen LogP contribution in [0.2, 0.25) is 0 Å². The van der Waals surface area contributed by atoms with Crippen LogP contribution in [-0.2, 0) is 16.0 Å². The van der Waals surface area contributed by atoms with Gasteiger partial charge >= 0.3 is 0 Å². The smallest absolute Gasteiger partial charge is 0.240 e. The molecule has 2 aromatic carbocycles. The molecule has 2 amide bonds. The number of nitrogens with zero attached hydrogens (tertiary/aromatic N) is 1. The standard InChI is InChI=1S/C21H26N2O5/c1-15(24)23(17-7-5-6-8-18(17)26-2)14-21(25)22-12-11-16-9-10-19(27-3)20(13-16)28-4/h5-10,13H,11-12,14H2,1-4H3,(H,22,25). The van der Waals surface area contributed by atoms with Crippen LogP contribution in [0.5, 0.6) is 17.2 Å². The third-order valence-corrected chi connectivity index (χ3v) is 4.24. The number of ether oxygens (including phenoxy) is 3. The number of carbonyl (C=O) groups excluding carboxylic acids is 2. The fourth-order valence-electron chi connectivity index (χ4n) is 2.80. The Morgan fingerprint density at radius 3 is 2.25 bits per heavy atom. The Hall–Kier alpha value is -3.22. The SMILES string of the molecule is COc1ccc(CCNC(=O)CN(C(C)=O)c2ccccc2OC)cc1OC. The fraction of sp³-hybridized carbons (Fsp3) is 0.333. The van der Waals surface area contributed by atoms with Gasteiger partial charge in [0.15, 0.2) is 11.5 Å². The van der Waals surface area contributed by atoms with E-state index >= 15 is 0 Å². The van der Waals surface area contributed by atoms with E-state index in [2.05, 4.69) is 5.32 Å². The molecule has 7 heteroatoms. The monoisotopic (exact) mass is 386 g/mol. The maximum Gasteiger partial charge on any atom is 0.240 e.